The van der Waals surface area contributed by atoms with Crippen LogP contribution in [-0.2, 0) is 0 Å². The number of carboxylic acids is 1. The summed E-state index contributed by atoms with van der Waals surface area (Å²) in [5.41, 5.74) is 0.105. The van der Waals surface area contributed by atoms with Gasteiger partial charge in [0.2, 0.25) is 5.76 Å². The number of likely N-dealkylation sites (tertiary alicyclic amines) is 1. The lowest BCUT2D eigenvalue weighted by atomic mass is 9.78. The summed E-state index contributed by atoms with van der Waals surface area (Å²) >= 11 is 0. The summed E-state index contributed by atoms with van der Waals surface area (Å²) in [6.07, 6.45) is 6.83. The monoisotopic (exact) mass is 278 g/mol. The maximum absolute atomic E-state index is 12.5. The number of carbonyl (C=O) groups is 2. The van der Waals surface area contributed by atoms with E-state index in [-0.39, 0.29) is 23.4 Å². The predicted molar refractivity (Wildman–Crippen MR) is 69.5 cm³/mol. The van der Waals surface area contributed by atoms with Gasteiger partial charge in [-0.2, -0.15) is 0 Å². The molecule has 0 bridgehead atoms. The van der Waals surface area contributed by atoms with Crippen LogP contribution in [0, 0.1) is 5.92 Å². The number of carboxylic acid groups (broad SMARTS) is 1. The highest BCUT2D eigenvalue weighted by Crippen LogP contribution is 2.35. The Hall–Kier alpha value is -1.85. The van der Waals surface area contributed by atoms with Crippen LogP contribution in [0.25, 0.3) is 0 Å². The van der Waals surface area contributed by atoms with Crippen LogP contribution < -0.4 is 0 Å². The summed E-state index contributed by atoms with van der Waals surface area (Å²) in [5.74, 6) is -1.10. The third-order valence-electron chi connectivity index (χ3n) is 4.44. The second kappa shape index (κ2) is 5.26. The van der Waals surface area contributed by atoms with E-state index in [1.54, 1.807) is 0 Å². The van der Waals surface area contributed by atoms with Gasteiger partial charge in [0, 0.05) is 18.7 Å². The fraction of sp³-hybridized carbons (Fsp3) is 0.643. The molecule has 3 rings (SSSR count). The van der Waals surface area contributed by atoms with Gasteiger partial charge in [-0.3, -0.25) is 4.79 Å². The molecule has 1 saturated heterocycles. The van der Waals surface area contributed by atoms with Gasteiger partial charge in [-0.15, -0.1) is 0 Å². The molecular weight excluding hydrogens is 260 g/mol. The molecule has 2 fully saturated rings. The fourth-order valence-electron chi connectivity index (χ4n) is 3.50. The van der Waals surface area contributed by atoms with Crippen molar-refractivity contribution in [2.75, 3.05) is 6.54 Å². The zero-order valence-electron chi connectivity index (χ0n) is 11.2. The molecule has 2 aliphatic rings. The minimum atomic E-state index is -1.20. The Bertz CT molecular complexity index is 523. The Morgan fingerprint density at radius 3 is 2.75 bits per heavy atom. The molecule has 2 atom stereocenters. The van der Waals surface area contributed by atoms with E-state index >= 15 is 0 Å². The maximum atomic E-state index is 12.5. The van der Waals surface area contributed by atoms with E-state index in [9.17, 15) is 9.59 Å². The normalized spacial score (nSPS) is 26.1. The average Bonchev–Trinajstić information content (AvgIpc) is 2.96. The lowest BCUT2D eigenvalue weighted by Gasteiger charge is -2.43. The number of aromatic nitrogens is 1. The molecule has 1 amide bonds. The van der Waals surface area contributed by atoms with Gasteiger partial charge in [-0.25, -0.2) is 4.79 Å². The highest BCUT2D eigenvalue weighted by molar-refractivity contribution is 5.95. The molecule has 1 saturated carbocycles. The van der Waals surface area contributed by atoms with Gasteiger partial charge in [0.25, 0.3) is 5.91 Å². The molecule has 0 radical (unpaired) electrons. The molecule has 2 heterocycles. The SMILES string of the molecule is O=C(O)c1cc(C(=O)N2CCCC3CCCCC32)no1. The van der Waals surface area contributed by atoms with Crippen molar-refractivity contribution < 1.29 is 19.2 Å². The van der Waals surface area contributed by atoms with Crippen LogP contribution in [0.2, 0.25) is 0 Å². The Labute approximate surface area is 116 Å². The van der Waals surface area contributed by atoms with Crippen LogP contribution >= 0.6 is 0 Å². The quantitative estimate of drug-likeness (QED) is 0.896. The fourth-order valence-corrected chi connectivity index (χ4v) is 3.50. The van der Waals surface area contributed by atoms with Gasteiger partial charge < -0.3 is 14.5 Å². The maximum Gasteiger partial charge on any atom is 0.374 e. The number of hydrogen-bond donors (Lipinski definition) is 1. The Kier molecular flexibility index (Phi) is 3.46. The molecule has 1 aliphatic heterocycles. The first-order chi connectivity index (χ1) is 9.66. The molecule has 1 aromatic heterocycles. The van der Waals surface area contributed by atoms with Gasteiger partial charge in [0.1, 0.15) is 0 Å². The molecule has 6 heteroatoms. The minimum Gasteiger partial charge on any atom is -0.475 e. The van der Waals surface area contributed by atoms with Gasteiger partial charge in [0.05, 0.1) is 0 Å². The van der Waals surface area contributed by atoms with Crippen LogP contribution in [0.3, 0.4) is 0 Å². The van der Waals surface area contributed by atoms with E-state index in [0.29, 0.717) is 5.92 Å². The highest BCUT2D eigenvalue weighted by atomic mass is 16.5. The standard InChI is InChI=1S/C14H18N2O4/c17-13(10-8-12(14(18)19)20-15-10)16-7-3-5-9-4-1-2-6-11(9)16/h8-9,11H,1-7H2,(H,18,19). The topological polar surface area (TPSA) is 83.6 Å². The van der Waals surface area contributed by atoms with Crippen LogP contribution in [0.5, 0.6) is 0 Å². The van der Waals surface area contributed by atoms with Crippen molar-refractivity contribution in [2.24, 2.45) is 5.92 Å². The van der Waals surface area contributed by atoms with Crippen LogP contribution in [0.15, 0.2) is 10.6 Å². The summed E-state index contributed by atoms with van der Waals surface area (Å²) in [7, 11) is 0. The van der Waals surface area contributed by atoms with Crippen LogP contribution in [-0.4, -0.2) is 39.6 Å². The first-order valence-corrected chi connectivity index (χ1v) is 7.18. The first kappa shape index (κ1) is 13.1. The number of aromatic carboxylic acids is 1. The summed E-state index contributed by atoms with van der Waals surface area (Å²) < 4.78 is 4.68. The average molecular weight is 278 g/mol. The van der Waals surface area contributed by atoms with Crippen LogP contribution in [0.4, 0.5) is 0 Å². The second-order valence-corrected chi connectivity index (χ2v) is 5.63. The summed E-state index contributed by atoms with van der Waals surface area (Å²) in [6.45, 7) is 0.731. The summed E-state index contributed by atoms with van der Waals surface area (Å²) in [6, 6.07) is 1.51. The zero-order valence-corrected chi connectivity index (χ0v) is 11.2. The van der Waals surface area contributed by atoms with E-state index in [2.05, 4.69) is 9.68 Å². The number of carbonyl (C=O) groups excluding carboxylic acids is 1. The van der Waals surface area contributed by atoms with Crippen molar-refractivity contribution in [3.63, 3.8) is 0 Å². The number of fused-ring (bicyclic) bond motifs is 1. The minimum absolute atomic E-state index is 0.105. The molecule has 20 heavy (non-hydrogen) atoms. The van der Waals surface area contributed by atoms with Crippen molar-refractivity contribution in [3.05, 3.63) is 17.5 Å². The van der Waals surface area contributed by atoms with E-state index in [4.69, 9.17) is 5.11 Å². The number of hydrogen-bond acceptors (Lipinski definition) is 4. The zero-order chi connectivity index (χ0) is 14.1. The van der Waals surface area contributed by atoms with Gasteiger partial charge in [0.15, 0.2) is 5.69 Å². The molecule has 108 valence electrons. The van der Waals surface area contributed by atoms with Crippen LogP contribution in [0.1, 0.15) is 59.6 Å². The molecule has 1 aliphatic carbocycles. The van der Waals surface area contributed by atoms with E-state index in [1.807, 2.05) is 4.90 Å². The third kappa shape index (κ3) is 2.30. The summed E-state index contributed by atoms with van der Waals surface area (Å²) in [5, 5.41) is 12.4. The molecule has 1 N–H and O–H groups in total. The number of amides is 1. The predicted octanol–water partition coefficient (Wildman–Crippen LogP) is 2.17. The number of nitrogens with zero attached hydrogens (tertiary/aromatic N) is 2. The van der Waals surface area contributed by atoms with Crippen molar-refractivity contribution in [2.45, 2.75) is 44.6 Å². The Morgan fingerprint density at radius 2 is 2.00 bits per heavy atom. The van der Waals surface area contributed by atoms with E-state index in [0.717, 1.165) is 25.8 Å². The van der Waals surface area contributed by atoms with Crippen molar-refractivity contribution >= 4 is 11.9 Å². The third-order valence-corrected chi connectivity index (χ3v) is 4.44. The van der Waals surface area contributed by atoms with Crippen molar-refractivity contribution in [1.82, 2.24) is 10.1 Å². The summed E-state index contributed by atoms with van der Waals surface area (Å²) in [4.78, 5) is 25.2. The lowest BCUT2D eigenvalue weighted by molar-refractivity contribution is 0.0380. The smallest absolute Gasteiger partial charge is 0.374 e. The van der Waals surface area contributed by atoms with Crippen molar-refractivity contribution in [1.29, 1.82) is 0 Å². The molecule has 0 aromatic carbocycles. The highest BCUT2D eigenvalue weighted by Gasteiger charge is 2.37. The molecule has 1 aromatic rings. The molecular formula is C14H18N2O4. The first-order valence-electron chi connectivity index (χ1n) is 7.18. The van der Waals surface area contributed by atoms with Crippen molar-refractivity contribution in [3.8, 4) is 0 Å². The lowest BCUT2D eigenvalue weighted by Crippen LogP contribution is -2.49. The Morgan fingerprint density at radius 1 is 1.25 bits per heavy atom. The number of piperidine rings is 1. The molecule has 2 unspecified atom stereocenters. The van der Waals surface area contributed by atoms with E-state index in [1.165, 1.54) is 25.3 Å². The number of rotatable bonds is 2. The van der Waals surface area contributed by atoms with E-state index < -0.39 is 5.97 Å². The largest absolute Gasteiger partial charge is 0.475 e. The van der Waals surface area contributed by atoms with Gasteiger partial charge >= 0.3 is 5.97 Å². The molecule has 6 nitrogen and oxygen atoms in total. The Balaban J connectivity index is 1.79. The second-order valence-electron chi connectivity index (χ2n) is 5.63. The van der Waals surface area contributed by atoms with Gasteiger partial charge in [-0.1, -0.05) is 18.0 Å². The molecule has 0 spiro atoms. The van der Waals surface area contributed by atoms with Gasteiger partial charge in [-0.05, 0) is 31.6 Å².